The van der Waals surface area contributed by atoms with Crippen LogP contribution in [0.3, 0.4) is 0 Å². The zero-order chi connectivity index (χ0) is 11.5. The summed E-state index contributed by atoms with van der Waals surface area (Å²) in [5, 5.41) is 3.59. The zero-order valence-electron chi connectivity index (χ0n) is 7.80. The summed E-state index contributed by atoms with van der Waals surface area (Å²) in [7, 11) is -3.57. The van der Waals surface area contributed by atoms with Gasteiger partial charge in [-0.05, 0) is 0 Å². The Morgan fingerprint density at radius 3 is 2.80 bits per heavy atom. The molecule has 0 aliphatic heterocycles. The SMILES string of the molecule is CS(=O)(=O)OCc1ncn(CC(F)F)n1. The van der Waals surface area contributed by atoms with E-state index < -0.39 is 23.1 Å². The van der Waals surface area contributed by atoms with E-state index in [1.54, 1.807) is 0 Å². The van der Waals surface area contributed by atoms with Crippen molar-refractivity contribution in [3.8, 4) is 0 Å². The maximum absolute atomic E-state index is 11.9. The van der Waals surface area contributed by atoms with E-state index in [1.807, 2.05) is 0 Å². The Bertz CT molecular complexity index is 417. The zero-order valence-corrected chi connectivity index (χ0v) is 8.62. The number of hydrogen-bond acceptors (Lipinski definition) is 5. The molecule has 0 saturated carbocycles. The van der Waals surface area contributed by atoms with Gasteiger partial charge in [-0.15, -0.1) is 0 Å². The Kier molecular flexibility index (Phi) is 3.69. The molecule has 15 heavy (non-hydrogen) atoms. The summed E-state index contributed by atoms with van der Waals surface area (Å²) in [4.78, 5) is 3.60. The topological polar surface area (TPSA) is 74.1 Å². The maximum Gasteiger partial charge on any atom is 0.264 e. The molecule has 0 spiro atoms. The molecule has 9 heteroatoms. The lowest BCUT2D eigenvalue weighted by Gasteiger charge is -1.98. The minimum Gasteiger partial charge on any atom is -0.262 e. The molecule has 86 valence electrons. The van der Waals surface area contributed by atoms with Crippen LogP contribution < -0.4 is 0 Å². The molecular formula is C6H9F2N3O3S. The number of aromatic nitrogens is 3. The Hall–Kier alpha value is -1.09. The molecule has 0 atom stereocenters. The molecule has 0 saturated heterocycles. The minimum atomic E-state index is -3.57. The van der Waals surface area contributed by atoms with Crippen molar-refractivity contribution in [2.45, 2.75) is 19.6 Å². The van der Waals surface area contributed by atoms with Crippen LogP contribution in [0.2, 0.25) is 0 Å². The first kappa shape index (κ1) is 12.0. The number of alkyl halides is 2. The second kappa shape index (κ2) is 4.62. The summed E-state index contributed by atoms with van der Waals surface area (Å²) in [6.45, 7) is -0.930. The van der Waals surface area contributed by atoms with E-state index in [1.165, 1.54) is 0 Å². The van der Waals surface area contributed by atoms with Crippen molar-refractivity contribution in [1.29, 1.82) is 0 Å². The van der Waals surface area contributed by atoms with Crippen LogP contribution in [0.1, 0.15) is 5.82 Å². The van der Waals surface area contributed by atoms with Crippen molar-refractivity contribution >= 4 is 10.1 Å². The second-order valence-electron chi connectivity index (χ2n) is 2.74. The van der Waals surface area contributed by atoms with Crippen LogP contribution in [-0.2, 0) is 27.5 Å². The number of hydrogen-bond donors (Lipinski definition) is 0. The average molecular weight is 241 g/mol. The summed E-state index contributed by atoms with van der Waals surface area (Å²) in [6.07, 6.45) is -0.564. The Labute approximate surface area is 85.0 Å². The van der Waals surface area contributed by atoms with E-state index in [9.17, 15) is 17.2 Å². The molecule has 0 aromatic carbocycles. The molecule has 1 aromatic heterocycles. The average Bonchev–Trinajstić information content (AvgIpc) is 2.46. The van der Waals surface area contributed by atoms with E-state index in [0.29, 0.717) is 0 Å². The van der Waals surface area contributed by atoms with Gasteiger partial charge in [-0.25, -0.2) is 18.4 Å². The van der Waals surface area contributed by atoms with E-state index >= 15 is 0 Å². The van der Waals surface area contributed by atoms with E-state index in [2.05, 4.69) is 14.3 Å². The highest BCUT2D eigenvalue weighted by atomic mass is 32.2. The molecule has 1 heterocycles. The fourth-order valence-corrected chi connectivity index (χ4v) is 1.11. The smallest absolute Gasteiger partial charge is 0.262 e. The predicted octanol–water partition coefficient (Wildman–Crippen LogP) is 0.0194. The van der Waals surface area contributed by atoms with Crippen LogP contribution in [0.5, 0.6) is 0 Å². The second-order valence-corrected chi connectivity index (χ2v) is 4.38. The fraction of sp³-hybridized carbons (Fsp3) is 0.667. The highest BCUT2D eigenvalue weighted by Gasteiger charge is 2.09. The molecule has 0 amide bonds. The summed E-state index contributed by atoms with van der Waals surface area (Å²) in [5.74, 6) is 0.0427. The molecule has 0 fully saturated rings. The molecule has 0 bridgehead atoms. The molecule has 6 nitrogen and oxygen atoms in total. The van der Waals surface area contributed by atoms with Crippen LogP contribution in [-0.4, -0.2) is 35.9 Å². The molecule has 0 aliphatic rings. The van der Waals surface area contributed by atoms with Crippen LogP contribution in [0.15, 0.2) is 6.33 Å². The lowest BCUT2D eigenvalue weighted by molar-refractivity contribution is 0.121. The van der Waals surface area contributed by atoms with Gasteiger partial charge in [-0.2, -0.15) is 13.5 Å². The van der Waals surface area contributed by atoms with Crippen molar-refractivity contribution in [3.63, 3.8) is 0 Å². The third-order valence-electron chi connectivity index (χ3n) is 1.31. The number of rotatable bonds is 5. The van der Waals surface area contributed by atoms with E-state index in [-0.39, 0.29) is 12.4 Å². The monoisotopic (exact) mass is 241 g/mol. The van der Waals surface area contributed by atoms with Gasteiger partial charge >= 0.3 is 0 Å². The predicted molar refractivity (Wildman–Crippen MR) is 45.7 cm³/mol. The molecule has 1 aromatic rings. The van der Waals surface area contributed by atoms with E-state index in [0.717, 1.165) is 17.3 Å². The van der Waals surface area contributed by atoms with Gasteiger partial charge in [0.05, 0.1) is 6.26 Å². The van der Waals surface area contributed by atoms with Gasteiger partial charge in [0.15, 0.2) is 5.82 Å². The quantitative estimate of drug-likeness (QED) is 0.679. The van der Waals surface area contributed by atoms with Crippen molar-refractivity contribution in [3.05, 3.63) is 12.2 Å². The van der Waals surface area contributed by atoms with Crippen LogP contribution in [0, 0.1) is 0 Å². The third-order valence-corrected chi connectivity index (χ3v) is 1.86. The lowest BCUT2D eigenvalue weighted by atomic mass is 10.7. The first-order chi connectivity index (χ1) is 6.87. The van der Waals surface area contributed by atoms with Crippen LogP contribution >= 0.6 is 0 Å². The fourth-order valence-electron chi connectivity index (χ4n) is 0.788. The van der Waals surface area contributed by atoms with Crippen LogP contribution in [0.4, 0.5) is 8.78 Å². The first-order valence-electron chi connectivity index (χ1n) is 3.88. The number of halogens is 2. The maximum atomic E-state index is 11.9. The van der Waals surface area contributed by atoms with Crippen molar-refractivity contribution in [2.75, 3.05) is 6.26 Å². The molecule has 0 aliphatic carbocycles. The molecule has 0 N–H and O–H groups in total. The van der Waals surface area contributed by atoms with Gasteiger partial charge in [0.25, 0.3) is 16.5 Å². The highest BCUT2D eigenvalue weighted by Crippen LogP contribution is 2.00. The third kappa shape index (κ3) is 4.79. The molecule has 0 unspecified atom stereocenters. The standard InChI is InChI=1S/C6H9F2N3O3S/c1-15(12,13)14-3-6-9-4-11(10-6)2-5(7)8/h4-5H,2-3H2,1H3. The van der Waals surface area contributed by atoms with Crippen molar-refractivity contribution in [2.24, 2.45) is 0 Å². The molecule has 0 radical (unpaired) electrons. The van der Waals surface area contributed by atoms with Gasteiger partial charge in [-0.3, -0.25) is 4.18 Å². The largest absolute Gasteiger partial charge is 0.264 e. The van der Waals surface area contributed by atoms with Gasteiger partial charge in [0, 0.05) is 0 Å². The first-order valence-corrected chi connectivity index (χ1v) is 5.69. The van der Waals surface area contributed by atoms with Crippen molar-refractivity contribution in [1.82, 2.24) is 14.8 Å². The van der Waals surface area contributed by atoms with Gasteiger partial charge in [-0.1, -0.05) is 0 Å². The van der Waals surface area contributed by atoms with Crippen LogP contribution in [0.25, 0.3) is 0 Å². The minimum absolute atomic E-state index is 0.0427. The summed E-state index contributed by atoms with van der Waals surface area (Å²) < 4.78 is 50.2. The Morgan fingerprint density at radius 2 is 2.27 bits per heavy atom. The Balaban J connectivity index is 2.53. The molecular weight excluding hydrogens is 232 g/mol. The van der Waals surface area contributed by atoms with Gasteiger partial charge in [0.1, 0.15) is 19.5 Å². The van der Waals surface area contributed by atoms with Gasteiger partial charge in [0.2, 0.25) is 0 Å². The lowest BCUT2D eigenvalue weighted by Crippen LogP contribution is -2.08. The van der Waals surface area contributed by atoms with Gasteiger partial charge < -0.3 is 0 Å². The highest BCUT2D eigenvalue weighted by molar-refractivity contribution is 7.85. The Morgan fingerprint density at radius 1 is 1.60 bits per heavy atom. The van der Waals surface area contributed by atoms with Crippen molar-refractivity contribution < 1.29 is 21.4 Å². The normalized spacial score (nSPS) is 12.3. The molecule has 1 rings (SSSR count). The summed E-state index contributed by atoms with van der Waals surface area (Å²) in [5.41, 5.74) is 0. The van der Waals surface area contributed by atoms with E-state index in [4.69, 9.17) is 0 Å². The number of nitrogens with zero attached hydrogens (tertiary/aromatic N) is 3. The summed E-state index contributed by atoms with van der Waals surface area (Å²) in [6, 6.07) is 0. The summed E-state index contributed by atoms with van der Waals surface area (Å²) >= 11 is 0.